The van der Waals surface area contributed by atoms with E-state index in [0.717, 1.165) is 15.9 Å². The first-order chi connectivity index (χ1) is 9.29. The maximum atomic E-state index is 5.48. The van der Waals surface area contributed by atoms with Gasteiger partial charge in [-0.05, 0) is 31.1 Å². The number of nitrogens with one attached hydrogen (secondary N) is 1. The zero-order valence-corrected chi connectivity index (χ0v) is 12.0. The first-order valence-electron chi connectivity index (χ1n) is 6.95. The topological polar surface area (TPSA) is 42.8 Å². The van der Waals surface area contributed by atoms with Crippen LogP contribution in [0.4, 0.5) is 0 Å². The third-order valence-electron chi connectivity index (χ3n) is 3.94. The van der Waals surface area contributed by atoms with E-state index in [-0.39, 0.29) is 0 Å². The van der Waals surface area contributed by atoms with Crippen molar-refractivity contribution in [1.29, 1.82) is 0 Å². The van der Waals surface area contributed by atoms with E-state index in [1.54, 1.807) is 7.11 Å². The number of hydrogen-bond donors (Lipinski definition) is 1. The van der Waals surface area contributed by atoms with Crippen molar-refractivity contribution in [3.8, 4) is 5.88 Å². The highest BCUT2D eigenvalue weighted by molar-refractivity contribution is 7.71. The van der Waals surface area contributed by atoms with Crippen LogP contribution in [0.15, 0.2) is 12.1 Å². The predicted molar refractivity (Wildman–Crippen MR) is 78.2 cm³/mol. The van der Waals surface area contributed by atoms with Gasteiger partial charge in [-0.15, -0.1) is 0 Å². The zero-order chi connectivity index (χ0) is 13.2. The van der Waals surface area contributed by atoms with Crippen LogP contribution in [0.1, 0.15) is 44.6 Å². The fourth-order valence-corrected chi connectivity index (χ4v) is 3.30. The number of aromatic nitrogens is 3. The Bertz CT molecular complexity index is 623. The van der Waals surface area contributed by atoms with E-state index in [1.807, 2.05) is 12.1 Å². The molecule has 0 amide bonds. The summed E-state index contributed by atoms with van der Waals surface area (Å²) >= 11 is 5.48. The number of methoxy groups -OCH3 is 1. The Labute approximate surface area is 117 Å². The van der Waals surface area contributed by atoms with Crippen molar-refractivity contribution in [2.75, 3.05) is 7.11 Å². The summed E-state index contributed by atoms with van der Waals surface area (Å²) in [7, 11) is 1.64. The van der Waals surface area contributed by atoms with Gasteiger partial charge in [0.15, 0.2) is 10.4 Å². The van der Waals surface area contributed by atoms with Crippen molar-refractivity contribution >= 4 is 23.4 Å². The minimum atomic E-state index is 0.475. The molecule has 0 radical (unpaired) electrons. The van der Waals surface area contributed by atoms with Crippen molar-refractivity contribution in [3.05, 3.63) is 16.9 Å². The monoisotopic (exact) mass is 277 g/mol. The molecule has 2 heterocycles. The van der Waals surface area contributed by atoms with Crippen LogP contribution in [-0.4, -0.2) is 21.6 Å². The lowest BCUT2D eigenvalue weighted by Gasteiger charge is -2.16. The number of aromatic amines is 1. The molecule has 0 spiro atoms. The van der Waals surface area contributed by atoms with Gasteiger partial charge in [0.25, 0.3) is 0 Å². The number of fused-ring (bicyclic) bond motifs is 1. The summed E-state index contributed by atoms with van der Waals surface area (Å²) in [6.07, 6.45) is 7.62. The van der Waals surface area contributed by atoms with Gasteiger partial charge in [-0.1, -0.05) is 25.7 Å². The molecule has 0 unspecified atom stereocenters. The van der Waals surface area contributed by atoms with Gasteiger partial charge in [-0.2, -0.15) is 4.98 Å². The van der Waals surface area contributed by atoms with Crippen LogP contribution in [0.2, 0.25) is 0 Å². The molecule has 0 aliphatic heterocycles. The molecule has 102 valence electrons. The van der Waals surface area contributed by atoms with Crippen molar-refractivity contribution in [3.63, 3.8) is 0 Å². The molecule has 0 atom stereocenters. The summed E-state index contributed by atoms with van der Waals surface area (Å²) in [4.78, 5) is 7.82. The SMILES string of the molecule is COc1ccc2[nH]c(=S)n(C3CCCCCC3)c2n1. The van der Waals surface area contributed by atoms with E-state index in [0.29, 0.717) is 11.9 Å². The van der Waals surface area contributed by atoms with Crippen LogP contribution in [0.5, 0.6) is 5.88 Å². The number of imidazole rings is 1. The highest BCUT2D eigenvalue weighted by Gasteiger charge is 2.18. The van der Waals surface area contributed by atoms with E-state index in [2.05, 4.69) is 14.5 Å². The molecule has 4 nitrogen and oxygen atoms in total. The summed E-state index contributed by atoms with van der Waals surface area (Å²) in [6, 6.07) is 4.33. The maximum absolute atomic E-state index is 5.48. The second-order valence-corrected chi connectivity index (χ2v) is 5.56. The summed E-state index contributed by atoms with van der Waals surface area (Å²) in [5.74, 6) is 0.642. The summed E-state index contributed by atoms with van der Waals surface area (Å²) in [5.41, 5.74) is 1.92. The van der Waals surface area contributed by atoms with E-state index in [4.69, 9.17) is 17.0 Å². The molecule has 3 rings (SSSR count). The lowest BCUT2D eigenvalue weighted by atomic mass is 10.1. The minimum absolute atomic E-state index is 0.475. The molecule has 1 aliphatic rings. The van der Waals surface area contributed by atoms with Crippen molar-refractivity contribution in [1.82, 2.24) is 14.5 Å². The number of pyridine rings is 1. The molecule has 1 saturated carbocycles. The predicted octanol–water partition coefficient (Wildman–Crippen LogP) is 4.00. The average Bonchev–Trinajstić information content (AvgIpc) is 2.61. The highest BCUT2D eigenvalue weighted by Crippen LogP contribution is 2.30. The first kappa shape index (κ1) is 12.7. The average molecular weight is 277 g/mol. The molecule has 2 aromatic rings. The molecular formula is C14H19N3OS. The van der Waals surface area contributed by atoms with Crippen LogP contribution in [-0.2, 0) is 0 Å². The van der Waals surface area contributed by atoms with E-state index in [1.165, 1.54) is 38.5 Å². The Morgan fingerprint density at radius 3 is 2.68 bits per heavy atom. The smallest absolute Gasteiger partial charge is 0.215 e. The van der Waals surface area contributed by atoms with Crippen molar-refractivity contribution in [2.24, 2.45) is 0 Å². The van der Waals surface area contributed by atoms with E-state index < -0.39 is 0 Å². The Morgan fingerprint density at radius 1 is 1.26 bits per heavy atom. The largest absolute Gasteiger partial charge is 0.481 e. The highest BCUT2D eigenvalue weighted by atomic mass is 32.1. The molecule has 1 aliphatic carbocycles. The van der Waals surface area contributed by atoms with Crippen LogP contribution < -0.4 is 4.74 Å². The molecule has 5 heteroatoms. The lowest BCUT2D eigenvalue weighted by Crippen LogP contribution is -2.09. The van der Waals surface area contributed by atoms with Gasteiger partial charge < -0.3 is 9.72 Å². The number of hydrogen-bond acceptors (Lipinski definition) is 3. The second kappa shape index (κ2) is 5.33. The van der Waals surface area contributed by atoms with E-state index >= 15 is 0 Å². The van der Waals surface area contributed by atoms with E-state index in [9.17, 15) is 0 Å². The Balaban J connectivity index is 2.10. The number of nitrogens with zero attached hydrogens (tertiary/aromatic N) is 2. The molecule has 2 aromatic heterocycles. The normalized spacial score (nSPS) is 17.5. The molecule has 1 N–H and O–H groups in total. The molecule has 1 fully saturated rings. The Kier molecular flexibility index (Phi) is 3.55. The summed E-state index contributed by atoms with van der Waals surface area (Å²) < 4.78 is 8.20. The third kappa shape index (κ3) is 2.39. The van der Waals surface area contributed by atoms with Crippen molar-refractivity contribution in [2.45, 2.75) is 44.6 Å². The summed E-state index contributed by atoms with van der Waals surface area (Å²) in [5, 5.41) is 0. The van der Waals surface area contributed by atoms with Gasteiger partial charge >= 0.3 is 0 Å². The lowest BCUT2D eigenvalue weighted by molar-refractivity contribution is 0.397. The maximum Gasteiger partial charge on any atom is 0.215 e. The number of rotatable bonds is 2. The first-order valence-corrected chi connectivity index (χ1v) is 7.35. The van der Waals surface area contributed by atoms with Crippen LogP contribution in [0, 0.1) is 4.77 Å². The van der Waals surface area contributed by atoms with Crippen LogP contribution >= 0.6 is 12.2 Å². The molecule has 0 aromatic carbocycles. The van der Waals surface area contributed by atoms with Gasteiger partial charge in [-0.3, -0.25) is 4.57 Å². The fourth-order valence-electron chi connectivity index (χ4n) is 2.95. The van der Waals surface area contributed by atoms with Crippen molar-refractivity contribution < 1.29 is 4.74 Å². The molecule has 0 saturated heterocycles. The van der Waals surface area contributed by atoms with Crippen LogP contribution in [0.25, 0.3) is 11.2 Å². The van der Waals surface area contributed by atoms with Gasteiger partial charge in [0.2, 0.25) is 5.88 Å². The minimum Gasteiger partial charge on any atom is -0.481 e. The Hall–Kier alpha value is -1.36. The Morgan fingerprint density at radius 2 is 2.00 bits per heavy atom. The van der Waals surface area contributed by atoms with Gasteiger partial charge in [0.1, 0.15) is 0 Å². The quantitative estimate of drug-likeness (QED) is 0.666. The van der Waals surface area contributed by atoms with Gasteiger partial charge in [0, 0.05) is 12.1 Å². The zero-order valence-electron chi connectivity index (χ0n) is 11.2. The molecular weight excluding hydrogens is 258 g/mol. The summed E-state index contributed by atoms with van der Waals surface area (Å²) in [6.45, 7) is 0. The second-order valence-electron chi connectivity index (χ2n) is 5.17. The number of H-pyrrole nitrogens is 1. The standard InChI is InChI=1S/C14H19N3OS/c1-18-12-9-8-11-13(16-12)17(14(19)15-11)10-6-4-2-3-5-7-10/h8-10H,2-7H2,1H3,(H,15,19). The molecule has 19 heavy (non-hydrogen) atoms. The fraction of sp³-hybridized carbons (Fsp3) is 0.571. The third-order valence-corrected chi connectivity index (χ3v) is 4.24. The van der Waals surface area contributed by atoms with Gasteiger partial charge in [-0.25, -0.2) is 0 Å². The van der Waals surface area contributed by atoms with Gasteiger partial charge in [0.05, 0.1) is 12.6 Å². The van der Waals surface area contributed by atoms with Crippen LogP contribution in [0.3, 0.4) is 0 Å². The molecule has 0 bridgehead atoms. The number of ether oxygens (including phenoxy) is 1.